The van der Waals surface area contributed by atoms with E-state index in [1.54, 1.807) is 0 Å². The van der Waals surface area contributed by atoms with E-state index in [2.05, 4.69) is 70.8 Å². The lowest BCUT2D eigenvalue weighted by Gasteiger charge is -2.26. The molecule has 0 radical (unpaired) electrons. The molecule has 21 heavy (non-hydrogen) atoms. The van der Waals surface area contributed by atoms with Crippen LogP contribution in [0.3, 0.4) is 0 Å². The molecule has 1 N–H and O–H groups in total. The first-order valence-electron chi connectivity index (χ1n) is 8.32. The standard InChI is InChI=1S/C18H33N3/c1-8-21(12-13(2)3)18-10-16(11-19-15(6)7)9-17(20-18)14(4)5/h9-10,13-15,19H,8,11-12H2,1-7H3. The Hall–Kier alpha value is -1.09. The molecular formula is C18H33N3. The number of anilines is 1. The van der Waals surface area contributed by atoms with E-state index in [4.69, 9.17) is 4.98 Å². The number of nitrogens with zero attached hydrogens (tertiary/aromatic N) is 2. The molecule has 0 aliphatic heterocycles. The Morgan fingerprint density at radius 1 is 1.10 bits per heavy atom. The summed E-state index contributed by atoms with van der Waals surface area (Å²) in [6.45, 7) is 18.5. The van der Waals surface area contributed by atoms with Gasteiger partial charge in [0, 0.05) is 31.4 Å². The predicted molar refractivity (Wildman–Crippen MR) is 93.0 cm³/mol. The maximum absolute atomic E-state index is 4.88. The summed E-state index contributed by atoms with van der Waals surface area (Å²) in [7, 11) is 0. The maximum atomic E-state index is 4.88. The SMILES string of the molecule is CCN(CC(C)C)c1cc(CNC(C)C)cc(C(C)C)n1. The van der Waals surface area contributed by atoms with E-state index >= 15 is 0 Å². The quantitative estimate of drug-likeness (QED) is 0.778. The van der Waals surface area contributed by atoms with Crippen LogP contribution in [0.15, 0.2) is 12.1 Å². The van der Waals surface area contributed by atoms with E-state index in [0.29, 0.717) is 17.9 Å². The number of pyridine rings is 1. The molecule has 1 aromatic rings. The molecule has 0 saturated carbocycles. The van der Waals surface area contributed by atoms with Crippen molar-refractivity contribution in [3.63, 3.8) is 0 Å². The molecule has 0 fully saturated rings. The third-order valence-electron chi connectivity index (χ3n) is 3.49. The molecule has 0 atom stereocenters. The molecule has 120 valence electrons. The number of hydrogen-bond acceptors (Lipinski definition) is 3. The van der Waals surface area contributed by atoms with E-state index < -0.39 is 0 Å². The Labute approximate surface area is 131 Å². The topological polar surface area (TPSA) is 28.2 Å². The molecule has 0 unspecified atom stereocenters. The summed E-state index contributed by atoms with van der Waals surface area (Å²) in [4.78, 5) is 7.27. The van der Waals surface area contributed by atoms with Crippen LogP contribution >= 0.6 is 0 Å². The van der Waals surface area contributed by atoms with Gasteiger partial charge in [0.1, 0.15) is 5.82 Å². The van der Waals surface area contributed by atoms with Crippen LogP contribution in [-0.2, 0) is 6.54 Å². The van der Waals surface area contributed by atoms with Crippen molar-refractivity contribution in [2.24, 2.45) is 5.92 Å². The van der Waals surface area contributed by atoms with E-state index in [1.807, 2.05) is 0 Å². The Kier molecular flexibility index (Phi) is 7.16. The lowest BCUT2D eigenvalue weighted by molar-refractivity contribution is 0.585. The van der Waals surface area contributed by atoms with E-state index in [1.165, 1.54) is 11.3 Å². The number of hydrogen-bond donors (Lipinski definition) is 1. The van der Waals surface area contributed by atoms with Crippen molar-refractivity contribution < 1.29 is 0 Å². The normalized spacial score (nSPS) is 11.7. The molecule has 0 saturated heterocycles. The molecule has 1 heterocycles. The van der Waals surface area contributed by atoms with Crippen LogP contribution in [-0.4, -0.2) is 24.1 Å². The Bertz CT molecular complexity index is 424. The fourth-order valence-corrected chi connectivity index (χ4v) is 2.30. The van der Waals surface area contributed by atoms with Crippen LogP contribution < -0.4 is 10.2 Å². The van der Waals surface area contributed by atoms with Gasteiger partial charge in [0.15, 0.2) is 0 Å². The molecule has 3 nitrogen and oxygen atoms in total. The summed E-state index contributed by atoms with van der Waals surface area (Å²) in [5, 5.41) is 3.51. The minimum atomic E-state index is 0.459. The molecule has 0 aromatic carbocycles. The molecule has 3 heteroatoms. The third kappa shape index (κ3) is 6.04. The van der Waals surface area contributed by atoms with Gasteiger partial charge in [-0.3, -0.25) is 0 Å². The van der Waals surface area contributed by atoms with Crippen molar-refractivity contribution in [3.8, 4) is 0 Å². The fraction of sp³-hybridized carbons (Fsp3) is 0.722. The van der Waals surface area contributed by atoms with Gasteiger partial charge >= 0.3 is 0 Å². The first-order chi connectivity index (χ1) is 9.83. The summed E-state index contributed by atoms with van der Waals surface area (Å²) in [5.74, 6) is 2.23. The van der Waals surface area contributed by atoms with E-state index in [-0.39, 0.29) is 0 Å². The van der Waals surface area contributed by atoms with Gasteiger partial charge < -0.3 is 10.2 Å². The second-order valence-electron chi connectivity index (χ2n) is 6.88. The number of rotatable bonds is 8. The summed E-state index contributed by atoms with van der Waals surface area (Å²) in [6, 6.07) is 4.99. The Balaban J connectivity index is 3.05. The van der Waals surface area contributed by atoms with Crippen molar-refractivity contribution in [1.82, 2.24) is 10.3 Å². The number of aromatic nitrogens is 1. The average molecular weight is 291 g/mol. The molecule has 0 spiro atoms. The van der Waals surface area contributed by atoms with Crippen molar-refractivity contribution in [2.45, 2.75) is 67.0 Å². The van der Waals surface area contributed by atoms with Gasteiger partial charge in [-0.2, -0.15) is 0 Å². The van der Waals surface area contributed by atoms with Crippen molar-refractivity contribution in [3.05, 3.63) is 23.4 Å². The largest absolute Gasteiger partial charge is 0.357 e. The highest BCUT2D eigenvalue weighted by atomic mass is 15.2. The third-order valence-corrected chi connectivity index (χ3v) is 3.49. The minimum Gasteiger partial charge on any atom is -0.357 e. The fourth-order valence-electron chi connectivity index (χ4n) is 2.30. The lowest BCUT2D eigenvalue weighted by atomic mass is 10.1. The average Bonchev–Trinajstić information content (AvgIpc) is 2.41. The van der Waals surface area contributed by atoms with Crippen molar-refractivity contribution in [2.75, 3.05) is 18.0 Å². The molecule has 0 amide bonds. The monoisotopic (exact) mass is 291 g/mol. The molecule has 1 aromatic heterocycles. The van der Waals surface area contributed by atoms with Gasteiger partial charge in [0.2, 0.25) is 0 Å². The molecule has 0 bridgehead atoms. The van der Waals surface area contributed by atoms with Crippen LogP contribution in [0.4, 0.5) is 5.82 Å². The summed E-state index contributed by atoms with van der Waals surface area (Å²) in [5.41, 5.74) is 2.52. The smallest absolute Gasteiger partial charge is 0.129 e. The van der Waals surface area contributed by atoms with Crippen LogP contribution in [0, 0.1) is 5.92 Å². The van der Waals surface area contributed by atoms with E-state index in [9.17, 15) is 0 Å². The Morgan fingerprint density at radius 2 is 1.76 bits per heavy atom. The predicted octanol–water partition coefficient (Wildman–Crippen LogP) is 4.19. The zero-order valence-electron chi connectivity index (χ0n) is 14.9. The summed E-state index contributed by atoms with van der Waals surface area (Å²) >= 11 is 0. The molecule has 0 aliphatic carbocycles. The van der Waals surface area contributed by atoms with E-state index in [0.717, 1.165) is 25.5 Å². The van der Waals surface area contributed by atoms with Gasteiger partial charge in [-0.25, -0.2) is 4.98 Å². The second-order valence-corrected chi connectivity index (χ2v) is 6.88. The van der Waals surface area contributed by atoms with Crippen molar-refractivity contribution >= 4 is 5.82 Å². The van der Waals surface area contributed by atoms with Crippen LogP contribution in [0.1, 0.15) is 65.6 Å². The maximum Gasteiger partial charge on any atom is 0.129 e. The van der Waals surface area contributed by atoms with Gasteiger partial charge in [0.05, 0.1) is 0 Å². The molecule has 0 aliphatic rings. The Morgan fingerprint density at radius 3 is 2.24 bits per heavy atom. The van der Waals surface area contributed by atoms with Gasteiger partial charge in [-0.05, 0) is 36.5 Å². The van der Waals surface area contributed by atoms with Crippen LogP contribution in [0.5, 0.6) is 0 Å². The highest BCUT2D eigenvalue weighted by molar-refractivity contribution is 5.43. The van der Waals surface area contributed by atoms with Crippen molar-refractivity contribution in [1.29, 1.82) is 0 Å². The summed E-state index contributed by atoms with van der Waals surface area (Å²) < 4.78 is 0. The first-order valence-corrected chi connectivity index (χ1v) is 8.32. The molecule has 1 rings (SSSR count). The van der Waals surface area contributed by atoms with Crippen LogP contribution in [0.2, 0.25) is 0 Å². The summed E-state index contributed by atoms with van der Waals surface area (Å²) in [6.07, 6.45) is 0. The van der Waals surface area contributed by atoms with Crippen LogP contribution in [0.25, 0.3) is 0 Å². The lowest BCUT2D eigenvalue weighted by Crippen LogP contribution is -2.29. The van der Waals surface area contributed by atoms with Gasteiger partial charge in [-0.1, -0.05) is 41.5 Å². The number of nitrogens with one attached hydrogen (secondary N) is 1. The zero-order valence-corrected chi connectivity index (χ0v) is 14.9. The highest BCUT2D eigenvalue weighted by Crippen LogP contribution is 2.21. The second kappa shape index (κ2) is 8.38. The minimum absolute atomic E-state index is 0.459. The zero-order chi connectivity index (χ0) is 16.0. The first kappa shape index (κ1) is 18.0. The van der Waals surface area contributed by atoms with Gasteiger partial charge in [0.25, 0.3) is 0 Å². The highest BCUT2D eigenvalue weighted by Gasteiger charge is 2.12. The van der Waals surface area contributed by atoms with Gasteiger partial charge in [-0.15, -0.1) is 0 Å². The molecular weight excluding hydrogens is 258 g/mol.